The molecule has 3 amide bonds. The molecule has 0 bridgehead atoms. The number of carbonyl (C=O) groups is 2. The van der Waals surface area contributed by atoms with Crippen molar-refractivity contribution in [2.45, 2.75) is 26.4 Å². The van der Waals surface area contributed by atoms with Crippen LogP contribution in [0.2, 0.25) is 0 Å². The van der Waals surface area contributed by atoms with Crippen LogP contribution in [0.4, 0.5) is 23.7 Å². The highest BCUT2D eigenvalue weighted by molar-refractivity contribution is 5.94. The van der Waals surface area contributed by atoms with Crippen LogP contribution in [0.25, 0.3) is 0 Å². The molecule has 1 aromatic carbocycles. The van der Waals surface area contributed by atoms with Crippen molar-refractivity contribution in [3.8, 4) is 0 Å². The molecule has 1 aliphatic rings. The van der Waals surface area contributed by atoms with E-state index >= 15 is 0 Å². The third-order valence-electron chi connectivity index (χ3n) is 4.09. The van der Waals surface area contributed by atoms with Gasteiger partial charge in [-0.1, -0.05) is 0 Å². The predicted molar refractivity (Wildman–Crippen MR) is 89.1 cm³/mol. The van der Waals surface area contributed by atoms with Gasteiger partial charge in [-0.25, -0.2) is 27.9 Å². The van der Waals surface area contributed by atoms with E-state index in [1.54, 1.807) is 6.92 Å². The first-order chi connectivity index (χ1) is 12.8. The molecule has 0 fully saturated rings. The minimum absolute atomic E-state index is 0.0115. The Labute approximate surface area is 152 Å². The van der Waals surface area contributed by atoms with Gasteiger partial charge in [-0.05, 0) is 26.0 Å². The SMILES string of the molecule is Cc1ncc(F)c([C@H](C)NC(=O)CN2Cc3c(ccc(F)c3F)NC2=O)n1. The minimum atomic E-state index is -1.08. The summed E-state index contributed by atoms with van der Waals surface area (Å²) in [6, 6.07) is 0.774. The number of nitrogens with one attached hydrogen (secondary N) is 2. The summed E-state index contributed by atoms with van der Waals surface area (Å²) < 4.78 is 41.1. The van der Waals surface area contributed by atoms with Crippen LogP contribution in [-0.4, -0.2) is 33.4 Å². The van der Waals surface area contributed by atoms with Crippen LogP contribution in [0, 0.1) is 24.4 Å². The van der Waals surface area contributed by atoms with Crippen LogP contribution in [-0.2, 0) is 11.3 Å². The van der Waals surface area contributed by atoms with E-state index in [-0.39, 0.29) is 23.5 Å². The highest BCUT2D eigenvalue weighted by Gasteiger charge is 2.28. The molecule has 0 saturated heterocycles. The zero-order valence-electron chi connectivity index (χ0n) is 14.5. The van der Waals surface area contributed by atoms with Gasteiger partial charge in [0.15, 0.2) is 17.5 Å². The summed E-state index contributed by atoms with van der Waals surface area (Å²) in [5, 5.41) is 4.93. The first kappa shape index (κ1) is 18.6. The van der Waals surface area contributed by atoms with E-state index in [1.807, 2.05) is 0 Å². The number of hydrogen-bond acceptors (Lipinski definition) is 4. The molecule has 2 N–H and O–H groups in total. The Hall–Kier alpha value is -3.17. The second kappa shape index (κ2) is 7.22. The van der Waals surface area contributed by atoms with E-state index in [1.165, 1.54) is 13.0 Å². The molecule has 0 aliphatic carbocycles. The fourth-order valence-corrected chi connectivity index (χ4v) is 2.75. The highest BCUT2D eigenvalue weighted by Crippen LogP contribution is 2.27. The summed E-state index contributed by atoms with van der Waals surface area (Å²) in [5.41, 5.74) is 0.118. The fraction of sp³-hybridized carbons (Fsp3) is 0.294. The maximum Gasteiger partial charge on any atom is 0.322 e. The largest absolute Gasteiger partial charge is 0.346 e. The Morgan fingerprint density at radius 2 is 2.07 bits per heavy atom. The summed E-state index contributed by atoms with van der Waals surface area (Å²) in [6.07, 6.45) is 1.01. The molecule has 1 atom stereocenters. The summed E-state index contributed by atoms with van der Waals surface area (Å²) in [5.74, 6) is -3.05. The predicted octanol–water partition coefficient (Wildman–Crippen LogP) is 2.43. The number of fused-ring (bicyclic) bond motifs is 1. The molecule has 27 heavy (non-hydrogen) atoms. The molecule has 0 saturated carbocycles. The number of halogens is 3. The number of rotatable bonds is 4. The van der Waals surface area contributed by atoms with Crippen LogP contribution in [0.1, 0.15) is 30.0 Å². The molecule has 142 valence electrons. The number of anilines is 1. The molecule has 0 unspecified atom stereocenters. The van der Waals surface area contributed by atoms with Crippen molar-refractivity contribution >= 4 is 17.6 Å². The number of amides is 3. The lowest BCUT2D eigenvalue weighted by molar-refractivity contribution is -0.122. The quantitative estimate of drug-likeness (QED) is 0.854. The average molecular weight is 379 g/mol. The van der Waals surface area contributed by atoms with Crippen molar-refractivity contribution in [3.63, 3.8) is 0 Å². The van der Waals surface area contributed by atoms with E-state index in [0.717, 1.165) is 17.2 Å². The van der Waals surface area contributed by atoms with Gasteiger partial charge in [0.1, 0.15) is 18.1 Å². The Morgan fingerprint density at radius 3 is 2.81 bits per heavy atom. The Kier molecular flexibility index (Phi) is 4.98. The van der Waals surface area contributed by atoms with E-state index < -0.39 is 42.0 Å². The van der Waals surface area contributed by atoms with Gasteiger partial charge in [0, 0.05) is 5.56 Å². The summed E-state index contributed by atoms with van der Waals surface area (Å²) >= 11 is 0. The fourth-order valence-electron chi connectivity index (χ4n) is 2.75. The number of carbonyl (C=O) groups excluding carboxylic acids is 2. The van der Waals surface area contributed by atoms with Crippen molar-refractivity contribution in [1.82, 2.24) is 20.2 Å². The number of aromatic nitrogens is 2. The number of nitrogens with zero attached hydrogens (tertiary/aromatic N) is 3. The highest BCUT2D eigenvalue weighted by atomic mass is 19.2. The Bertz CT molecular complexity index is 922. The first-order valence-electron chi connectivity index (χ1n) is 8.07. The second-order valence-electron chi connectivity index (χ2n) is 6.11. The van der Waals surface area contributed by atoms with Crippen molar-refractivity contribution in [2.75, 3.05) is 11.9 Å². The molecule has 0 radical (unpaired) electrons. The summed E-state index contributed by atoms with van der Waals surface area (Å²) in [4.78, 5) is 33.0. The molecule has 2 heterocycles. The zero-order valence-corrected chi connectivity index (χ0v) is 14.5. The minimum Gasteiger partial charge on any atom is -0.346 e. The summed E-state index contributed by atoms with van der Waals surface area (Å²) in [7, 11) is 0. The number of benzene rings is 1. The van der Waals surface area contributed by atoms with Crippen LogP contribution < -0.4 is 10.6 Å². The van der Waals surface area contributed by atoms with E-state index in [9.17, 15) is 22.8 Å². The standard InChI is InChI=1S/C17H16F3N5O2/c1-8(16-12(19)5-21-9(2)23-16)22-14(26)7-25-6-10-13(24-17(25)27)4-3-11(18)15(10)20/h3-5,8H,6-7H2,1-2H3,(H,22,26)(H,24,27)/t8-/m0/s1. The van der Waals surface area contributed by atoms with Crippen molar-refractivity contribution in [1.29, 1.82) is 0 Å². The summed E-state index contributed by atoms with van der Waals surface area (Å²) in [6.45, 7) is 2.43. The molecule has 3 rings (SSSR count). The van der Waals surface area contributed by atoms with E-state index in [0.29, 0.717) is 5.82 Å². The molecule has 7 nitrogen and oxygen atoms in total. The van der Waals surface area contributed by atoms with Gasteiger partial charge in [0.05, 0.1) is 24.5 Å². The normalized spacial score (nSPS) is 14.4. The van der Waals surface area contributed by atoms with E-state index in [2.05, 4.69) is 20.6 Å². The third-order valence-corrected chi connectivity index (χ3v) is 4.09. The Balaban J connectivity index is 1.70. The molecular formula is C17H16F3N5O2. The maximum atomic E-state index is 13.9. The van der Waals surface area contributed by atoms with Crippen LogP contribution >= 0.6 is 0 Å². The van der Waals surface area contributed by atoms with Gasteiger partial charge < -0.3 is 15.5 Å². The number of urea groups is 1. The van der Waals surface area contributed by atoms with Gasteiger partial charge in [-0.15, -0.1) is 0 Å². The second-order valence-corrected chi connectivity index (χ2v) is 6.11. The smallest absolute Gasteiger partial charge is 0.322 e. The maximum absolute atomic E-state index is 13.9. The van der Waals surface area contributed by atoms with Crippen LogP contribution in [0.15, 0.2) is 18.3 Å². The van der Waals surface area contributed by atoms with E-state index in [4.69, 9.17) is 0 Å². The lowest BCUT2D eigenvalue weighted by Crippen LogP contribution is -2.45. The van der Waals surface area contributed by atoms with Crippen molar-refractivity contribution in [3.05, 3.63) is 52.9 Å². The van der Waals surface area contributed by atoms with Crippen molar-refractivity contribution in [2.24, 2.45) is 0 Å². The van der Waals surface area contributed by atoms with Crippen LogP contribution in [0.3, 0.4) is 0 Å². The zero-order chi connectivity index (χ0) is 19.7. The number of aryl methyl sites for hydroxylation is 1. The van der Waals surface area contributed by atoms with Gasteiger partial charge in [0.25, 0.3) is 0 Å². The molecular weight excluding hydrogens is 363 g/mol. The Morgan fingerprint density at radius 1 is 1.33 bits per heavy atom. The lowest BCUT2D eigenvalue weighted by Gasteiger charge is -2.29. The van der Waals surface area contributed by atoms with Crippen molar-refractivity contribution < 1.29 is 22.8 Å². The molecule has 1 aromatic heterocycles. The molecule has 1 aliphatic heterocycles. The molecule has 0 spiro atoms. The van der Waals surface area contributed by atoms with Crippen LogP contribution in [0.5, 0.6) is 0 Å². The molecule has 10 heteroatoms. The lowest BCUT2D eigenvalue weighted by atomic mass is 10.1. The topological polar surface area (TPSA) is 87.2 Å². The van der Waals surface area contributed by atoms with Gasteiger partial charge in [0.2, 0.25) is 5.91 Å². The average Bonchev–Trinajstić information content (AvgIpc) is 2.61. The van der Waals surface area contributed by atoms with Gasteiger partial charge in [-0.3, -0.25) is 4.79 Å². The molecule has 2 aromatic rings. The monoisotopic (exact) mass is 379 g/mol. The first-order valence-corrected chi connectivity index (χ1v) is 8.07. The third kappa shape index (κ3) is 3.83. The van der Waals surface area contributed by atoms with Gasteiger partial charge >= 0.3 is 6.03 Å². The van der Waals surface area contributed by atoms with Gasteiger partial charge in [-0.2, -0.15) is 0 Å². The number of hydrogen-bond donors (Lipinski definition) is 2.